The van der Waals surface area contributed by atoms with Gasteiger partial charge in [-0.3, -0.25) is 4.72 Å². The fourth-order valence-corrected chi connectivity index (χ4v) is 2.76. The minimum absolute atomic E-state index is 0.546. The molecule has 0 bridgehead atoms. The van der Waals surface area contributed by atoms with Crippen molar-refractivity contribution in [2.45, 2.75) is 0 Å². The van der Waals surface area contributed by atoms with E-state index in [1.807, 2.05) is 17.5 Å². The lowest BCUT2D eigenvalue weighted by atomic mass is 10.2. The number of anilines is 1. The van der Waals surface area contributed by atoms with Crippen LogP contribution in [0, 0.1) is 3.95 Å². The molecule has 0 fully saturated rings. The Hall–Kier alpha value is -1.18. The van der Waals surface area contributed by atoms with E-state index in [4.69, 9.17) is 12.2 Å². The molecule has 4 nitrogen and oxygen atoms in total. The summed E-state index contributed by atoms with van der Waals surface area (Å²) in [6.07, 6.45) is 1.12. The van der Waals surface area contributed by atoms with Gasteiger partial charge in [0.05, 0.1) is 11.9 Å². The molecule has 0 atom stereocenters. The zero-order valence-electron chi connectivity index (χ0n) is 8.93. The van der Waals surface area contributed by atoms with Crippen molar-refractivity contribution >= 4 is 39.3 Å². The van der Waals surface area contributed by atoms with Crippen LogP contribution in [0.4, 0.5) is 5.69 Å². The summed E-state index contributed by atoms with van der Waals surface area (Å²) in [6, 6.07) is 7.09. The normalized spacial score (nSPS) is 11.4. The summed E-state index contributed by atoms with van der Waals surface area (Å²) < 4.78 is 25.2. The topological polar surface area (TPSA) is 62.0 Å². The van der Waals surface area contributed by atoms with Gasteiger partial charge >= 0.3 is 0 Å². The van der Waals surface area contributed by atoms with Crippen molar-refractivity contribution < 1.29 is 8.42 Å². The largest absolute Gasteiger partial charge is 0.337 e. The van der Waals surface area contributed by atoms with Crippen molar-refractivity contribution in [3.8, 4) is 11.3 Å². The van der Waals surface area contributed by atoms with Gasteiger partial charge in [-0.2, -0.15) is 0 Å². The van der Waals surface area contributed by atoms with E-state index in [0.29, 0.717) is 5.69 Å². The third kappa shape index (κ3) is 3.39. The second-order valence-electron chi connectivity index (χ2n) is 3.51. The number of hydrogen-bond acceptors (Lipinski definition) is 4. The highest BCUT2D eigenvalue weighted by Crippen LogP contribution is 2.22. The highest BCUT2D eigenvalue weighted by atomic mass is 32.2. The van der Waals surface area contributed by atoms with Gasteiger partial charge in [-0.05, 0) is 29.9 Å². The highest BCUT2D eigenvalue weighted by molar-refractivity contribution is 7.92. The second kappa shape index (κ2) is 4.59. The number of benzene rings is 1. The van der Waals surface area contributed by atoms with E-state index in [2.05, 4.69) is 9.71 Å². The standard InChI is InChI=1S/C10H10N2O2S3/c1-17(13,14)12-8-4-2-7(3-5-8)9-6-16-10(15)11-9/h2-6,12H,1H3,(H,11,15). The SMILES string of the molecule is CS(=O)(=O)Nc1ccc(-c2csc(=S)[nH]2)cc1. The van der Waals surface area contributed by atoms with Crippen molar-refractivity contribution in [3.63, 3.8) is 0 Å². The molecule has 0 unspecified atom stereocenters. The average Bonchev–Trinajstić information content (AvgIpc) is 2.63. The van der Waals surface area contributed by atoms with Gasteiger partial charge in [0.1, 0.15) is 0 Å². The molecular formula is C10H10N2O2S3. The zero-order chi connectivity index (χ0) is 12.5. The first kappa shape index (κ1) is 12.3. The quantitative estimate of drug-likeness (QED) is 0.853. The Balaban J connectivity index is 2.27. The van der Waals surface area contributed by atoms with Crippen LogP contribution in [0.5, 0.6) is 0 Å². The third-order valence-corrected chi connectivity index (χ3v) is 3.69. The minimum atomic E-state index is -3.22. The van der Waals surface area contributed by atoms with Gasteiger partial charge in [-0.1, -0.05) is 12.1 Å². The van der Waals surface area contributed by atoms with Crippen LogP contribution < -0.4 is 4.72 Å². The molecule has 2 aromatic rings. The van der Waals surface area contributed by atoms with E-state index >= 15 is 0 Å². The molecule has 17 heavy (non-hydrogen) atoms. The fraction of sp³-hybridized carbons (Fsp3) is 0.100. The molecule has 0 aliphatic rings. The van der Waals surface area contributed by atoms with E-state index in [1.54, 1.807) is 12.1 Å². The Morgan fingerprint density at radius 1 is 1.29 bits per heavy atom. The van der Waals surface area contributed by atoms with Crippen LogP contribution in [0.15, 0.2) is 29.6 Å². The summed E-state index contributed by atoms with van der Waals surface area (Å²) in [4.78, 5) is 3.05. The summed E-state index contributed by atoms with van der Waals surface area (Å²) >= 11 is 6.46. The lowest BCUT2D eigenvalue weighted by Crippen LogP contribution is -2.09. The minimum Gasteiger partial charge on any atom is -0.337 e. The molecule has 2 rings (SSSR count). The first-order valence-corrected chi connectivity index (χ1v) is 7.88. The van der Waals surface area contributed by atoms with Crippen molar-refractivity contribution in [3.05, 3.63) is 33.6 Å². The van der Waals surface area contributed by atoms with E-state index in [9.17, 15) is 8.42 Å². The van der Waals surface area contributed by atoms with Gasteiger partial charge in [0.15, 0.2) is 3.95 Å². The number of hydrogen-bond donors (Lipinski definition) is 2. The van der Waals surface area contributed by atoms with Crippen molar-refractivity contribution in [1.82, 2.24) is 4.98 Å². The molecule has 1 heterocycles. The maximum Gasteiger partial charge on any atom is 0.229 e. The van der Waals surface area contributed by atoms with Crippen molar-refractivity contribution in [2.75, 3.05) is 11.0 Å². The number of nitrogens with one attached hydrogen (secondary N) is 2. The first-order chi connectivity index (χ1) is 7.94. The number of aromatic nitrogens is 1. The first-order valence-electron chi connectivity index (χ1n) is 4.70. The van der Waals surface area contributed by atoms with Crippen LogP contribution in [0.3, 0.4) is 0 Å². The summed E-state index contributed by atoms with van der Waals surface area (Å²) in [7, 11) is -3.22. The molecule has 0 radical (unpaired) electrons. The molecule has 0 aliphatic heterocycles. The number of thiazole rings is 1. The molecule has 0 spiro atoms. The van der Waals surface area contributed by atoms with Crippen LogP contribution in [0.1, 0.15) is 0 Å². The number of sulfonamides is 1. The molecule has 90 valence electrons. The predicted octanol–water partition coefficient (Wildman–Crippen LogP) is 2.84. The van der Waals surface area contributed by atoms with Crippen LogP contribution in [-0.4, -0.2) is 19.7 Å². The van der Waals surface area contributed by atoms with Gasteiger partial charge in [-0.25, -0.2) is 8.42 Å². The summed E-state index contributed by atoms with van der Waals surface area (Å²) in [5.74, 6) is 0. The fourth-order valence-electron chi connectivity index (χ4n) is 1.35. The number of rotatable bonds is 3. The Bertz CT molecular complexity index is 668. The van der Waals surface area contributed by atoms with Gasteiger partial charge in [0.25, 0.3) is 0 Å². The van der Waals surface area contributed by atoms with Crippen LogP contribution >= 0.6 is 23.6 Å². The third-order valence-electron chi connectivity index (χ3n) is 2.02. The van der Waals surface area contributed by atoms with Gasteiger partial charge < -0.3 is 4.98 Å². The molecule has 0 saturated heterocycles. The van der Waals surface area contributed by atoms with E-state index in [0.717, 1.165) is 21.5 Å². The Morgan fingerprint density at radius 2 is 1.94 bits per heavy atom. The van der Waals surface area contributed by atoms with Gasteiger partial charge in [-0.15, -0.1) is 11.3 Å². The molecule has 7 heteroatoms. The Morgan fingerprint density at radius 3 is 2.41 bits per heavy atom. The number of H-pyrrole nitrogens is 1. The lowest BCUT2D eigenvalue weighted by Gasteiger charge is -2.04. The van der Waals surface area contributed by atoms with Crippen molar-refractivity contribution in [2.24, 2.45) is 0 Å². The molecule has 0 aliphatic carbocycles. The van der Waals surface area contributed by atoms with Crippen LogP contribution in [0.25, 0.3) is 11.3 Å². The van der Waals surface area contributed by atoms with Crippen LogP contribution in [-0.2, 0) is 10.0 Å². The summed E-state index contributed by atoms with van der Waals surface area (Å²) in [5.41, 5.74) is 2.45. The molecular weight excluding hydrogens is 276 g/mol. The molecule has 1 aromatic heterocycles. The Kier molecular flexibility index (Phi) is 3.32. The van der Waals surface area contributed by atoms with E-state index < -0.39 is 10.0 Å². The van der Waals surface area contributed by atoms with Crippen LogP contribution in [0.2, 0.25) is 0 Å². The molecule has 0 amide bonds. The van der Waals surface area contributed by atoms with Gasteiger partial charge in [0.2, 0.25) is 10.0 Å². The zero-order valence-corrected chi connectivity index (χ0v) is 11.4. The predicted molar refractivity (Wildman–Crippen MR) is 73.4 cm³/mol. The molecule has 1 aromatic carbocycles. The lowest BCUT2D eigenvalue weighted by molar-refractivity contribution is 0.607. The summed E-state index contributed by atoms with van der Waals surface area (Å²) in [5, 5.41) is 1.93. The summed E-state index contributed by atoms with van der Waals surface area (Å²) in [6.45, 7) is 0. The van der Waals surface area contributed by atoms with E-state index in [1.165, 1.54) is 11.3 Å². The maximum atomic E-state index is 11.0. The number of aromatic amines is 1. The van der Waals surface area contributed by atoms with Crippen molar-refractivity contribution in [1.29, 1.82) is 0 Å². The van der Waals surface area contributed by atoms with E-state index in [-0.39, 0.29) is 0 Å². The monoisotopic (exact) mass is 286 g/mol. The average molecular weight is 286 g/mol. The highest BCUT2D eigenvalue weighted by Gasteiger charge is 2.03. The molecule has 2 N–H and O–H groups in total. The maximum absolute atomic E-state index is 11.0. The smallest absolute Gasteiger partial charge is 0.229 e. The Labute approximate surface area is 108 Å². The second-order valence-corrected chi connectivity index (χ2v) is 6.81. The molecule has 0 saturated carbocycles. The van der Waals surface area contributed by atoms with Gasteiger partial charge in [0, 0.05) is 11.1 Å².